The number of alkyl halides is 3. The van der Waals surface area contributed by atoms with Gasteiger partial charge in [0, 0.05) is 12.6 Å². The number of carbonyl (C=O) groups is 1. The maximum Gasteiger partial charge on any atom is 0.438 e. The molecular weight excluding hydrogens is 381 g/mol. The lowest BCUT2D eigenvalue weighted by Crippen LogP contribution is -2.57. The van der Waals surface area contributed by atoms with E-state index in [0.717, 1.165) is 6.21 Å². The molecule has 0 saturated heterocycles. The minimum atomic E-state index is -5.01. The number of hydrogen-bond acceptors (Lipinski definition) is 4. The van der Waals surface area contributed by atoms with Gasteiger partial charge in [-0.3, -0.25) is 9.48 Å². The third-order valence-electron chi connectivity index (χ3n) is 3.79. The molecule has 1 amide bonds. The molecule has 6 nitrogen and oxygen atoms in total. The monoisotopic (exact) mass is 396 g/mol. The number of halogens is 4. The minimum Gasteiger partial charge on any atom is -0.362 e. The van der Waals surface area contributed by atoms with Crippen molar-refractivity contribution in [1.29, 1.82) is 0 Å². The Morgan fingerprint density at radius 1 is 1.52 bits per heavy atom. The highest BCUT2D eigenvalue weighted by Crippen LogP contribution is 2.40. The summed E-state index contributed by atoms with van der Waals surface area (Å²) in [6.07, 6.45) is -4.71. The summed E-state index contributed by atoms with van der Waals surface area (Å²) in [5, 5.41) is 17.6. The molecule has 0 unspecified atom stereocenters. The van der Waals surface area contributed by atoms with Crippen molar-refractivity contribution >= 4 is 28.1 Å². The van der Waals surface area contributed by atoms with Gasteiger partial charge in [0.05, 0.1) is 15.9 Å². The third-order valence-corrected chi connectivity index (χ3v) is 4.94. The van der Waals surface area contributed by atoms with E-state index in [9.17, 15) is 23.1 Å². The van der Waals surface area contributed by atoms with Crippen molar-refractivity contribution in [1.82, 2.24) is 14.8 Å². The molecule has 128 valence electrons. The van der Waals surface area contributed by atoms with Crippen molar-refractivity contribution in [3.05, 3.63) is 15.9 Å². The Bertz CT molecular complexity index is 658. The van der Waals surface area contributed by atoms with Crippen LogP contribution in [-0.2, 0) is 4.79 Å². The van der Waals surface area contributed by atoms with Gasteiger partial charge in [0.25, 0.3) is 11.6 Å². The zero-order valence-electron chi connectivity index (χ0n) is 12.7. The van der Waals surface area contributed by atoms with E-state index in [4.69, 9.17) is 0 Å². The first-order valence-electron chi connectivity index (χ1n) is 6.91. The second-order valence-corrected chi connectivity index (χ2v) is 6.11. The number of aromatic nitrogens is 2. The Morgan fingerprint density at radius 2 is 2.13 bits per heavy atom. The minimum absolute atomic E-state index is 0.117. The van der Waals surface area contributed by atoms with E-state index in [1.165, 1.54) is 4.68 Å². The zero-order valence-corrected chi connectivity index (χ0v) is 14.3. The van der Waals surface area contributed by atoms with Gasteiger partial charge >= 0.3 is 6.18 Å². The molecule has 2 heterocycles. The summed E-state index contributed by atoms with van der Waals surface area (Å²) < 4.78 is 41.4. The van der Waals surface area contributed by atoms with E-state index in [2.05, 4.69) is 26.1 Å². The van der Waals surface area contributed by atoms with Crippen molar-refractivity contribution in [2.45, 2.75) is 51.6 Å². The SMILES string of the molecule is CC[C@H](C(=O)N1N=CC[C@@]1(O)C(F)(F)F)n1nc(C)c(Br)c1C. The molecule has 10 heteroatoms. The summed E-state index contributed by atoms with van der Waals surface area (Å²) in [7, 11) is 0. The normalized spacial score (nSPS) is 22.7. The smallest absolute Gasteiger partial charge is 0.362 e. The topological polar surface area (TPSA) is 70.7 Å². The van der Waals surface area contributed by atoms with Crippen molar-refractivity contribution in [3.63, 3.8) is 0 Å². The second-order valence-electron chi connectivity index (χ2n) is 5.32. The van der Waals surface area contributed by atoms with E-state index < -0.39 is 30.3 Å². The number of aliphatic hydroxyl groups is 1. The van der Waals surface area contributed by atoms with Crippen molar-refractivity contribution in [2.75, 3.05) is 0 Å². The summed E-state index contributed by atoms with van der Waals surface area (Å²) in [5.41, 5.74) is -2.09. The molecule has 2 rings (SSSR count). The Labute approximate surface area is 139 Å². The molecule has 0 saturated carbocycles. The van der Waals surface area contributed by atoms with Crippen LogP contribution in [0, 0.1) is 13.8 Å². The van der Waals surface area contributed by atoms with Crippen LogP contribution in [0.25, 0.3) is 0 Å². The predicted octanol–water partition coefficient (Wildman–Crippen LogP) is 2.68. The average Bonchev–Trinajstić information content (AvgIpc) is 2.97. The molecule has 1 aromatic heterocycles. The Balaban J connectivity index is 2.41. The van der Waals surface area contributed by atoms with Crippen LogP contribution in [0.3, 0.4) is 0 Å². The molecule has 1 aliphatic heterocycles. The van der Waals surface area contributed by atoms with Gasteiger partial charge in [-0.05, 0) is 36.2 Å². The quantitative estimate of drug-likeness (QED) is 0.853. The fourth-order valence-corrected chi connectivity index (χ4v) is 2.71. The summed E-state index contributed by atoms with van der Waals surface area (Å²) >= 11 is 3.32. The van der Waals surface area contributed by atoms with Crippen LogP contribution in [-0.4, -0.2) is 43.9 Å². The standard InChI is InChI=1S/C13H16BrF3N4O2/c1-4-9(20-8(3)10(14)7(2)19-20)11(22)21-12(23,5-6-18-21)13(15,16)17/h6,9,23H,4-5H2,1-3H3/t9-,12-/m1/s1. The zero-order chi connectivity index (χ0) is 17.6. The van der Waals surface area contributed by atoms with Gasteiger partial charge in [-0.1, -0.05) is 6.92 Å². The van der Waals surface area contributed by atoms with Gasteiger partial charge in [-0.25, -0.2) is 0 Å². The molecule has 0 spiro atoms. The fourth-order valence-electron chi connectivity index (χ4n) is 2.45. The fraction of sp³-hybridized carbons (Fsp3) is 0.615. The van der Waals surface area contributed by atoms with Gasteiger partial charge in [-0.2, -0.15) is 28.4 Å². The van der Waals surface area contributed by atoms with E-state index >= 15 is 0 Å². The lowest BCUT2D eigenvalue weighted by molar-refractivity contribution is -0.303. The molecule has 0 fully saturated rings. The van der Waals surface area contributed by atoms with Crippen LogP contribution >= 0.6 is 15.9 Å². The van der Waals surface area contributed by atoms with Crippen molar-refractivity contribution in [2.24, 2.45) is 5.10 Å². The third kappa shape index (κ3) is 2.78. The number of hydrogen-bond donors (Lipinski definition) is 1. The number of aryl methyl sites for hydroxylation is 1. The molecule has 0 bridgehead atoms. The van der Waals surface area contributed by atoms with E-state index in [1.54, 1.807) is 20.8 Å². The number of hydrazone groups is 1. The van der Waals surface area contributed by atoms with E-state index in [1.807, 2.05) is 0 Å². The van der Waals surface area contributed by atoms with Crippen LogP contribution in [0.4, 0.5) is 13.2 Å². The maximum atomic E-state index is 13.1. The molecule has 1 aliphatic rings. The molecule has 23 heavy (non-hydrogen) atoms. The largest absolute Gasteiger partial charge is 0.438 e. The number of carbonyl (C=O) groups excluding carboxylic acids is 1. The maximum absolute atomic E-state index is 13.1. The lowest BCUT2D eigenvalue weighted by atomic mass is 10.1. The summed E-state index contributed by atoms with van der Waals surface area (Å²) in [6, 6.07) is -0.996. The highest BCUT2D eigenvalue weighted by Gasteiger charge is 2.62. The number of rotatable bonds is 3. The first-order chi connectivity index (χ1) is 10.5. The average molecular weight is 397 g/mol. The van der Waals surface area contributed by atoms with Crippen LogP contribution in [0.15, 0.2) is 9.57 Å². The van der Waals surface area contributed by atoms with Crippen molar-refractivity contribution < 1.29 is 23.1 Å². The Hall–Kier alpha value is -1.42. The summed E-state index contributed by atoms with van der Waals surface area (Å²) in [6.45, 7) is 5.06. The van der Waals surface area contributed by atoms with Crippen LogP contribution in [0.1, 0.15) is 37.2 Å². The van der Waals surface area contributed by atoms with Crippen LogP contribution in [0.2, 0.25) is 0 Å². The Morgan fingerprint density at radius 3 is 2.57 bits per heavy atom. The van der Waals surface area contributed by atoms with E-state index in [0.29, 0.717) is 15.9 Å². The molecular formula is C13H16BrF3N4O2. The summed E-state index contributed by atoms with van der Waals surface area (Å²) in [4.78, 5) is 12.6. The van der Waals surface area contributed by atoms with Crippen LogP contribution in [0.5, 0.6) is 0 Å². The molecule has 0 radical (unpaired) electrons. The van der Waals surface area contributed by atoms with Gasteiger partial charge in [0.15, 0.2) is 0 Å². The second kappa shape index (κ2) is 5.90. The van der Waals surface area contributed by atoms with Gasteiger partial charge in [0.1, 0.15) is 6.04 Å². The van der Waals surface area contributed by atoms with Crippen molar-refractivity contribution in [3.8, 4) is 0 Å². The van der Waals surface area contributed by atoms with Gasteiger partial charge in [0.2, 0.25) is 0 Å². The highest BCUT2D eigenvalue weighted by molar-refractivity contribution is 9.10. The number of nitrogens with zero attached hydrogens (tertiary/aromatic N) is 4. The first kappa shape index (κ1) is 17.9. The molecule has 0 aliphatic carbocycles. The molecule has 0 aromatic carbocycles. The first-order valence-corrected chi connectivity index (χ1v) is 7.70. The summed E-state index contributed by atoms with van der Waals surface area (Å²) in [5.74, 6) is -0.959. The van der Waals surface area contributed by atoms with Gasteiger partial charge in [-0.15, -0.1) is 0 Å². The predicted molar refractivity (Wildman–Crippen MR) is 79.7 cm³/mol. The highest BCUT2D eigenvalue weighted by atomic mass is 79.9. The van der Waals surface area contributed by atoms with E-state index in [-0.39, 0.29) is 11.4 Å². The van der Waals surface area contributed by atoms with Crippen LogP contribution < -0.4 is 0 Å². The Kier molecular flexibility index (Phi) is 4.60. The lowest BCUT2D eigenvalue weighted by Gasteiger charge is -2.34. The van der Waals surface area contributed by atoms with Gasteiger partial charge < -0.3 is 5.11 Å². The molecule has 1 N–H and O–H groups in total. The molecule has 1 aromatic rings. The number of amides is 1. The molecule has 2 atom stereocenters.